The number of hydrogen-bond donors (Lipinski definition) is 0. The van der Waals surface area contributed by atoms with Crippen LogP contribution in [0.4, 0.5) is 39.5 Å². The number of rotatable bonds is 8. The molecule has 168 valence electrons. The van der Waals surface area contributed by atoms with Gasteiger partial charge in [0.2, 0.25) is 0 Å². The van der Waals surface area contributed by atoms with Gasteiger partial charge in [-0.3, -0.25) is 0 Å². The van der Waals surface area contributed by atoms with Crippen LogP contribution in [0.1, 0.15) is 50.7 Å². The predicted octanol–water partition coefficient (Wildman–Crippen LogP) is 6.85. The lowest BCUT2D eigenvalue weighted by atomic mass is 9.89. The summed E-state index contributed by atoms with van der Waals surface area (Å²) < 4.78 is 127. The lowest BCUT2D eigenvalue weighted by Gasteiger charge is -2.39. The Morgan fingerprint density at radius 3 is 1.69 bits per heavy atom. The molecule has 1 aromatic rings. The number of benzene rings is 1. The van der Waals surface area contributed by atoms with Crippen molar-refractivity contribution in [2.45, 2.75) is 70.0 Å². The average molecular weight is 440 g/mol. The Kier molecular flexibility index (Phi) is 8.03. The Morgan fingerprint density at radius 2 is 1.31 bits per heavy atom. The first-order valence-electron chi connectivity index (χ1n) is 8.65. The van der Waals surface area contributed by atoms with Crippen LogP contribution in [0.3, 0.4) is 0 Å². The lowest BCUT2D eigenvalue weighted by molar-refractivity contribution is -0.416. The van der Waals surface area contributed by atoms with E-state index in [2.05, 4.69) is 9.47 Å². The highest BCUT2D eigenvalue weighted by Gasteiger charge is 2.74. The molecule has 1 aromatic carbocycles. The largest absolute Gasteiger partial charge is 0.430 e. The van der Waals surface area contributed by atoms with Crippen molar-refractivity contribution in [3.05, 3.63) is 35.4 Å². The maximum absolute atomic E-state index is 13.7. The highest BCUT2D eigenvalue weighted by Crippen LogP contribution is 2.53. The first-order valence-corrected chi connectivity index (χ1v) is 8.65. The normalized spacial score (nSPS) is 16.0. The van der Waals surface area contributed by atoms with E-state index in [9.17, 15) is 39.5 Å². The maximum Gasteiger partial charge on any atom is 0.430 e. The molecule has 0 heterocycles. The van der Waals surface area contributed by atoms with Gasteiger partial charge in [-0.25, -0.2) is 0 Å². The molecule has 0 bridgehead atoms. The summed E-state index contributed by atoms with van der Waals surface area (Å²) >= 11 is 0. The fourth-order valence-corrected chi connectivity index (χ4v) is 2.60. The fourth-order valence-electron chi connectivity index (χ4n) is 2.60. The molecule has 0 aliphatic carbocycles. The van der Waals surface area contributed by atoms with E-state index in [1.807, 2.05) is 0 Å². The zero-order valence-electron chi connectivity index (χ0n) is 15.8. The van der Waals surface area contributed by atoms with Crippen LogP contribution in [0.2, 0.25) is 0 Å². The van der Waals surface area contributed by atoms with E-state index >= 15 is 0 Å². The van der Waals surface area contributed by atoms with Gasteiger partial charge in [0.15, 0.2) is 6.29 Å². The molecule has 0 saturated carbocycles. The molecular formula is C18H21F9O2. The molecule has 2 unspecified atom stereocenters. The zero-order chi connectivity index (χ0) is 22.7. The number of alkyl halides is 9. The van der Waals surface area contributed by atoms with Gasteiger partial charge in [0, 0.05) is 5.56 Å². The maximum atomic E-state index is 13.7. The molecule has 0 radical (unpaired) electrons. The molecule has 0 amide bonds. The van der Waals surface area contributed by atoms with Crippen LogP contribution in [0.25, 0.3) is 0 Å². The number of halogens is 9. The summed E-state index contributed by atoms with van der Waals surface area (Å²) in [5.74, 6) is -0.0965. The van der Waals surface area contributed by atoms with Gasteiger partial charge in [-0.1, -0.05) is 38.1 Å². The van der Waals surface area contributed by atoms with Gasteiger partial charge in [0.05, 0.1) is 13.0 Å². The summed E-state index contributed by atoms with van der Waals surface area (Å²) in [5, 5.41) is 0. The summed E-state index contributed by atoms with van der Waals surface area (Å²) in [7, 11) is 0. The van der Waals surface area contributed by atoms with Gasteiger partial charge >= 0.3 is 18.5 Å². The van der Waals surface area contributed by atoms with Crippen LogP contribution in [0, 0.1) is 0 Å². The lowest BCUT2D eigenvalue weighted by Crippen LogP contribution is -2.57. The zero-order valence-corrected chi connectivity index (χ0v) is 15.8. The van der Waals surface area contributed by atoms with Crippen molar-refractivity contribution in [1.29, 1.82) is 0 Å². The van der Waals surface area contributed by atoms with E-state index in [-0.39, 0.29) is 5.92 Å². The average Bonchev–Trinajstić information content (AvgIpc) is 2.55. The van der Waals surface area contributed by atoms with Crippen LogP contribution >= 0.6 is 0 Å². The van der Waals surface area contributed by atoms with Gasteiger partial charge in [-0.15, -0.1) is 0 Å². The van der Waals surface area contributed by atoms with E-state index in [0.29, 0.717) is 31.0 Å². The van der Waals surface area contributed by atoms with Crippen LogP contribution in [0.15, 0.2) is 24.3 Å². The van der Waals surface area contributed by atoms with Crippen molar-refractivity contribution in [1.82, 2.24) is 0 Å². The molecule has 0 N–H and O–H groups in total. The second-order valence-electron chi connectivity index (χ2n) is 6.53. The molecular weight excluding hydrogens is 419 g/mol. The quantitative estimate of drug-likeness (QED) is 0.325. The molecule has 0 spiro atoms. The number of hydrogen-bond acceptors (Lipinski definition) is 2. The van der Waals surface area contributed by atoms with Crippen LogP contribution in [-0.2, 0) is 15.1 Å². The third kappa shape index (κ3) is 6.24. The first-order chi connectivity index (χ1) is 13.0. The van der Waals surface area contributed by atoms with E-state index in [1.54, 1.807) is 13.8 Å². The molecule has 1 rings (SSSR count). The molecule has 0 aliphatic rings. The minimum Gasteiger partial charge on any atom is -0.353 e. The minimum absolute atomic E-state index is 0.0965. The minimum atomic E-state index is -5.95. The van der Waals surface area contributed by atoms with Crippen molar-refractivity contribution < 1.29 is 49.0 Å². The Bertz CT molecular complexity index is 619. The number of ether oxygens (including phenoxy) is 2. The molecule has 0 aromatic heterocycles. The van der Waals surface area contributed by atoms with E-state index < -0.39 is 49.0 Å². The fraction of sp³-hybridized carbons (Fsp3) is 0.667. The predicted molar refractivity (Wildman–Crippen MR) is 86.1 cm³/mol. The van der Waals surface area contributed by atoms with Crippen LogP contribution in [0.5, 0.6) is 0 Å². The van der Waals surface area contributed by atoms with Crippen molar-refractivity contribution in [3.63, 3.8) is 0 Å². The van der Waals surface area contributed by atoms with E-state index in [1.165, 1.54) is 0 Å². The van der Waals surface area contributed by atoms with Gasteiger partial charge in [-0.05, 0) is 24.8 Å². The standard InChI is InChI=1S/C18H21F9O2/c1-4-11(2)13-5-7-14(8-6-13)16(17(22,23)24,18(25,26)27)29-12(3)28-10-9-15(19,20)21/h5-8,11-12H,4,9-10H2,1-3H3. The third-order valence-corrected chi connectivity index (χ3v) is 4.38. The Hall–Kier alpha value is -1.49. The van der Waals surface area contributed by atoms with Gasteiger partial charge in [0.1, 0.15) is 0 Å². The molecule has 2 atom stereocenters. The summed E-state index contributed by atoms with van der Waals surface area (Å²) in [4.78, 5) is 0. The van der Waals surface area contributed by atoms with Crippen molar-refractivity contribution >= 4 is 0 Å². The highest BCUT2D eigenvalue weighted by atomic mass is 19.4. The third-order valence-electron chi connectivity index (χ3n) is 4.38. The van der Waals surface area contributed by atoms with Crippen LogP contribution < -0.4 is 0 Å². The van der Waals surface area contributed by atoms with Gasteiger partial charge in [-0.2, -0.15) is 39.5 Å². The molecule has 29 heavy (non-hydrogen) atoms. The van der Waals surface area contributed by atoms with Crippen LogP contribution in [-0.4, -0.2) is 31.4 Å². The topological polar surface area (TPSA) is 18.5 Å². The van der Waals surface area contributed by atoms with Gasteiger partial charge in [0.25, 0.3) is 5.60 Å². The summed E-state index contributed by atoms with van der Waals surface area (Å²) in [6.45, 7) is 3.08. The van der Waals surface area contributed by atoms with E-state index in [4.69, 9.17) is 0 Å². The summed E-state index contributed by atoms with van der Waals surface area (Å²) in [5.41, 5.74) is -5.47. The summed E-state index contributed by atoms with van der Waals surface area (Å²) in [6, 6.07) is 3.58. The SMILES string of the molecule is CCC(C)c1ccc(C(OC(C)OCCC(F)(F)F)(C(F)(F)F)C(F)(F)F)cc1. The monoisotopic (exact) mass is 440 g/mol. The van der Waals surface area contributed by atoms with Crippen molar-refractivity contribution in [2.75, 3.05) is 6.61 Å². The molecule has 0 saturated heterocycles. The summed E-state index contributed by atoms with van der Waals surface area (Å²) in [6.07, 6.45) is -19.7. The Balaban J connectivity index is 3.29. The molecule has 2 nitrogen and oxygen atoms in total. The second kappa shape index (κ2) is 9.11. The Labute approximate surface area is 162 Å². The van der Waals surface area contributed by atoms with Crippen molar-refractivity contribution in [2.24, 2.45) is 0 Å². The Morgan fingerprint density at radius 1 is 0.828 bits per heavy atom. The molecule has 0 aliphatic heterocycles. The first kappa shape index (κ1) is 25.5. The smallest absolute Gasteiger partial charge is 0.353 e. The van der Waals surface area contributed by atoms with Crippen molar-refractivity contribution in [3.8, 4) is 0 Å². The highest BCUT2D eigenvalue weighted by molar-refractivity contribution is 5.32. The molecule has 11 heteroatoms. The molecule has 0 fully saturated rings. The second-order valence-corrected chi connectivity index (χ2v) is 6.53. The van der Waals surface area contributed by atoms with E-state index in [0.717, 1.165) is 12.1 Å². The van der Waals surface area contributed by atoms with Gasteiger partial charge < -0.3 is 9.47 Å².